The molecule has 12 nitrogen and oxygen atoms in total. The molecule has 10 aromatic carbocycles. The maximum absolute atomic E-state index is 13.8. The number of benzene rings is 10. The summed E-state index contributed by atoms with van der Waals surface area (Å²) in [5.41, 5.74) is 15.3. The Balaban J connectivity index is 0.869. The van der Waals surface area contributed by atoms with Crippen LogP contribution >= 0.6 is 0 Å². The van der Waals surface area contributed by atoms with Crippen molar-refractivity contribution < 1.29 is 38.0 Å². The maximum Gasteiger partial charge on any atom is 0.319 e. The van der Waals surface area contributed by atoms with E-state index in [0.29, 0.717) is 63.5 Å². The van der Waals surface area contributed by atoms with E-state index in [-0.39, 0.29) is 25.2 Å². The van der Waals surface area contributed by atoms with Crippen LogP contribution in [0.5, 0.6) is 46.0 Å². The molecule has 12 heteroatoms. The van der Waals surface area contributed by atoms with Crippen molar-refractivity contribution in [3.63, 3.8) is 0 Å². The topological polar surface area (TPSA) is 138 Å². The van der Waals surface area contributed by atoms with Crippen LogP contribution in [0.25, 0.3) is 22.3 Å². The molecule has 8 bridgehead atoms. The standard InChI is InChI=1S/C80H80N4O8/c1-5-41-87-75-61-17-15-18-62(75)50-66-46-56(54-82-80(86)84-70-35-27-58(28-36-70)60-31-39-74(40-32-60)92-72-23-13-10-14-24-72)48-68(78(66)90-44-8-4)52-64-20-16-19-63(76(64)88-42-6-2)51-67-47-55(45-65(49-61)77(67)89-43-7-3)53-81-79(85)83-69-33-25-57(26-34-69)59-29-37-73(38-30-59)91-71-21-11-9-12-22-71/h9-40,45-48H,5-8,41-44,49-54H2,1-4H3,(H2,81,83,85)(H2,82,84,86). The largest absolute Gasteiger partial charge is 0.493 e. The zero-order valence-electron chi connectivity index (χ0n) is 53.0. The predicted octanol–water partition coefficient (Wildman–Crippen LogP) is 19.1. The molecule has 0 atom stereocenters. The fraction of sp³-hybridized carbons (Fsp3) is 0.225. The Bertz CT molecular complexity index is 3710. The molecule has 0 unspecified atom stereocenters. The SMILES string of the molecule is CCCOc1c2cccc1Cc1cc(CNC(=O)Nc3ccc(-c4ccc(Oc5ccccc5)cc4)cc3)cc(c1OCCC)Cc1cccc(c1OCCC)Cc1cc(CNC(=O)Nc3ccc(-c4ccc(Oc5ccccc5)cc4)cc3)cc(c1OCCC)C2. The second-order valence-electron chi connectivity index (χ2n) is 23.0. The van der Waals surface area contributed by atoms with Crippen LogP contribution in [0.3, 0.4) is 0 Å². The number of anilines is 2. The number of carbonyl (C=O) groups is 2. The molecule has 0 heterocycles. The van der Waals surface area contributed by atoms with Crippen molar-refractivity contribution in [2.75, 3.05) is 37.1 Å². The van der Waals surface area contributed by atoms with E-state index < -0.39 is 0 Å². The zero-order valence-corrected chi connectivity index (χ0v) is 53.0. The van der Waals surface area contributed by atoms with Crippen LogP contribution in [0.15, 0.2) is 218 Å². The molecule has 0 saturated carbocycles. The van der Waals surface area contributed by atoms with Crippen molar-refractivity contribution in [1.82, 2.24) is 10.6 Å². The lowest BCUT2D eigenvalue weighted by atomic mass is 9.89. The fourth-order valence-electron chi connectivity index (χ4n) is 11.5. The van der Waals surface area contributed by atoms with Gasteiger partial charge in [-0.3, -0.25) is 0 Å². The number of amides is 4. The number of rotatable bonds is 24. The molecule has 1 aliphatic carbocycles. The first-order valence-corrected chi connectivity index (χ1v) is 32.2. The van der Waals surface area contributed by atoms with Crippen molar-refractivity contribution in [3.8, 4) is 68.2 Å². The van der Waals surface area contributed by atoms with Gasteiger partial charge in [-0.15, -0.1) is 0 Å². The first kappa shape index (κ1) is 63.1. The second kappa shape index (κ2) is 31.3. The number of carbonyl (C=O) groups excluding carboxylic acids is 2. The summed E-state index contributed by atoms with van der Waals surface area (Å²) in [4.78, 5) is 27.6. The van der Waals surface area contributed by atoms with Crippen LogP contribution in [0.1, 0.15) is 109 Å². The second-order valence-corrected chi connectivity index (χ2v) is 23.0. The van der Waals surface area contributed by atoms with Gasteiger partial charge in [-0.2, -0.15) is 0 Å². The molecular weight excluding hydrogens is 1140 g/mol. The summed E-state index contributed by atoms with van der Waals surface area (Å²) in [6, 6.07) is 71.9. The molecule has 1 aliphatic rings. The van der Waals surface area contributed by atoms with Crippen LogP contribution in [0, 0.1) is 0 Å². The minimum atomic E-state index is -0.321. The molecule has 4 N–H and O–H groups in total. The Hall–Kier alpha value is -10.5. The Kier molecular flexibility index (Phi) is 21.5. The van der Waals surface area contributed by atoms with Gasteiger partial charge in [0, 0.05) is 50.1 Å². The van der Waals surface area contributed by atoms with Crippen LogP contribution in [-0.4, -0.2) is 38.5 Å². The number of fused-ring (bicyclic) bond motifs is 8. The van der Waals surface area contributed by atoms with Gasteiger partial charge in [0.15, 0.2) is 0 Å². The number of urea groups is 2. The molecule has 0 saturated heterocycles. The van der Waals surface area contributed by atoms with Gasteiger partial charge in [-0.1, -0.05) is 149 Å². The lowest BCUT2D eigenvalue weighted by Crippen LogP contribution is -2.28. The number of ether oxygens (including phenoxy) is 6. The van der Waals surface area contributed by atoms with E-state index in [1.165, 1.54) is 0 Å². The Morgan fingerprint density at radius 1 is 0.315 bits per heavy atom. The van der Waals surface area contributed by atoms with Crippen molar-refractivity contribution in [2.24, 2.45) is 0 Å². The smallest absolute Gasteiger partial charge is 0.319 e. The van der Waals surface area contributed by atoms with Gasteiger partial charge in [-0.05, 0) is 201 Å². The highest BCUT2D eigenvalue weighted by Crippen LogP contribution is 2.41. The molecule has 4 amide bonds. The van der Waals surface area contributed by atoms with E-state index in [2.05, 4.69) is 110 Å². The monoisotopic (exact) mass is 1220 g/mol. The molecule has 0 spiro atoms. The van der Waals surface area contributed by atoms with Gasteiger partial charge in [0.1, 0.15) is 46.0 Å². The minimum absolute atomic E-state index is 0.261. The molecular formula is C80H80N4O8. The third-order valence-electron chi connectivity index (χ3n) is 15.8. The van der Waals surface area contributed by atoms with E-state index in [1.54, 1.807) is 0 Å². The van der Waals surface area contributed by atoms with Crippen molar-refractivity contribution in [3.05, 3.63) is 274 Å². The summed E-state index contributed by atoms with van der Waals surface area (Å²) in [7, 11) is 0. The average molecular weight is 1230 g/mol. The number of hydrogen-bond donors (Lipinski definition) is 4. The molecule has 10 aromatic rings. The fourth-order valence-corrected chi connectivity index (χ4v) is 11.5. The average Bonchev–Trinajstić information content (AvgIpc) is 0.954. The van der Waals surface area contributed by atoms with Crippen molar-refractivity contribution in [2.45, 2.75) is 92.2 Å². The molecule has 0 aliphatic heterocycles. The molecule has 92 heavy (non-hydrogen) atoms. The quantitative estimate of drug-likeness (QED) is 0.0469. The summed E-state index contributed by atoms with van der Waals surface area (Å²) < 4.78 is 39.4. The van der Waals surface area contributed by atoms with E-state index in [4.69, 9.17) is 28.4 Å². The van der Waals surface area contributed by atoms with Crippen LogP contribution in [-0.2, 0) is 38.8 Å². The van der Waals surface area contributed by atoms with Crippen molar-refractivity contribution in [1.29, 1.82) is 0 Å². The first-order valence-electron chi connectivity index (χ1n) is 32.2. The predicted molar refractivity (Wildman–Crippen MR) is 369 cm³/mol. The summed E-state index contributed by atoms with van der Waals surface area (Å²) in [6.45, 7) is 11.1. The first-order chi connectivity index (χ1) is 45.2. The van der Waals surface area contributed by atoms with E-state index in [0.717, 1.165) is 150 Å². The summed E-state index contributed by atoms with van der Waals surface area (Å²) in [5.74, 6) is 6.35. The third kappa shape index (κ3) is 16.7. The van der Waals surface area contributed by atoms with E-state index >= 15 is 0 Å². The van der Waals surface area contributed by atoms with E-state index in [9.17, 15) is 9.59 Å². The van der Waals surface area contributed by atoms with Gasteiger partial charge in [0.2, 0.25) is 0 Å². The number of nitrogens with one attached hydrogen (secondary N) is 4. The maximum atomic E-state index is 13.8. The van der Waals surface area contributed by atoms with Gasteiger partial charge in [-0.25, -0.2) is 9.59 Å². The Labute approximate surface area is 540 Å². The lowest BCUT2D eigenvalue weighted by Gasteiger charge is -2.24. The van der Waals surface area contributed by atoms with Gasteiger partial charge >= 0.3 is 12.1 Å². The molecule has 11 rings (SSSR count). The molecule has 0 fully saturated rings. The highest BCUT2D eigenvalue weighted by Gasteiger charge is 2.24. The molecule has 468 valence electrons. The van der Waals surface area contributed by atoms with Crippen LogP contribution < -0.4 is 49.7 Å². The van der Waals surface area contributed by atoms with Gasteiger partial charge in [0.25, 0.3) is 0 Å². The molecule has 0 radical (unpaired) electrons. The minimum Gasteiger partial charge on any atom is -0.493 e. The summed E-state index contributed by atoms with van der Waals surface area (Å²) in [5, 5.41) is 12.4. The van der Waals surface area contributed by atoms with Gasteiger partial charge in [0.05, 0.1) is 26.4 Å². The number of para-hydroxylation sites is 4. The normalized spacial score (nSPS) is 11.6. The number of hydrogen-bond acceptors (Lipinski definition) is 8. The zero-order chi connectivity index (χ0) is 63.4. The lowest BCUT2D eigenvalue weighted by molar-refractivity contribution is 0.251. The Morgan fingerprint density at radius 2 is 0.587 bits per heavy atom. The molecule has 0 aromatic heterocycles. The van der Waals surface area contributed by atoms with E-state index in [1.807, 2.05) is 158 Å². The third-order valence-corrected chi connectivity index (χ3v) is 15.8. The summed E-state index contributed by atoms with van der Waals surface area (Å²) in [6.07, 6.45) is 5.26. The Morgan fingerprint density at radius 3 is 0.880 bits per heavy atom. The van der Waals surface area contributed by atoms with Crippen molar-refractivity contribution >= 4 is 23.4 Å². The van der Waals surface area contributed by atoms with Crippen LogP contribution in [0.2, 0.25) is 0 Å². The van der Waals surface area contributed by atoms with Crippen LogP contribution in [0.4, 0.5) is 21.0 Å². The highest BCUT2D eigenvalue weighted by atomic mass is 16.5. The summed E-state index contributed by atoms with van der Waals surface area (Å²) >= 11 is 0. The highest BCUT2D eigenvalue weighted by molar-refractivity contribution is 5.90. The van der Waals surface area contributed by atoms with Gasteiger partial charge < -0.3 is 49.7 Å².